The van der Waals surface area contributed by atoms with Crippen LogP contribution in [0, 0.1) is 5.82 Å². The van der Waals surface area contributed by atoms with Crippen LogP contribution in [0.5, 0.6) is 0 Å². The van der Waals surface area contributed by atoms with Gasteiger partial charge in [0.2, 0.25) is 0 Å². The maximum atomic E-state index is 13.9. The zero-order chi connectivity index (χ0) is 17.1. The lowest BCUT2D eigenvalue weighted by Crippen LogP contribution is -2.45. The third-order valence-electron chi connectivity index (χ3n) is 4.58. The minimum atomic E-state index is -0.265. The smallest absolute Gasteiger partial charge is 0.137 e. The molecular weight excluding hydrogens is 353 g/mol. The lowest BCUT2D eigenvalue weighted by Gasteiger charge is -2.35. The third-order valence-corrected chi connectivity index (χ3v) is 4.58. The summed E-state index contributed by atoms with van der Waals surface area (Å²) in [6.07, 6.45) is 3.70. The van der Waals surface area contributed by atoms with E-state index in [0.29, 0.717) is 17.9 Å². The first-order chi connectivity index (χ1) is 12.3. The molecule has 2 aromatic heterocycles. The van der Waals surface area contributed by atoms with Gasteiger partial charge in [-0.15, -0.1) is 12.4 Å². The van der Waals surface area contributed by atoms with Gasteiger partial charge in [0, 0.05) is 38.1 Å². The van der Waals surface area contributed by atoms with E-state index in [2.05, 4.69) is 21.3 Å². The Morgan fingerprint density at radius 3 is 2.85 bits per heavy atom. The van der Waals surface area contributed by atoms with Crippen molar-refractivity contribution >= 4 is 12.4 Å². The highest BCUT2D eigenvalue weighted by atomic mass is 35.5. The summed E-state index contributed by atoms with van der Waals surface area (Å²) < 4.78 is 19.9. The zero-order valence-corrected chi connectivity index (χ0v) is 15.1. The molecule has 0 aliphatic carbocycles. The Morgan fingerprint density at radius 1 is 1.15 bits per heavy atom. The second kappa shape index (κ2) is 8.45. The summed E-state index contributed by atoms with van der Waals surface area (Å²) in [5, 5.41) is 3.44. The minimum absolute atomic E-state index is 0. The van der Waals surface area contributed by atoms with E-state index >= 15 is 0 Å². The molecule has 1 atom stereocenters. The van der Waals surface area contributed by atoms with Gasteiger partial charge in [0.25, 0.3) is 0 Å². The number of furan rings is 1. The van der Waals surface area contributed by atoms with Crippen LogP contribution in [-0.4, -0.2) is 29.5 Å². The van der Waals surface area contributed by atoms with Crippen LogP contribution in [0.15, 0.2) is 65.3 Å². The van der Waals surface area contributed by atoms with Gasteiger partial charge in [-0.2, -0.15) is 0 Å². The van der Waals surface area contributed by atoms with Crippen LogP contribution in [0.2, 0.25) is 0 Å². The Hall–Kier alpha value is -2.21. The largest absolute Gasteiger partial charge is 0.460 e. The van der Waals surface area contributed by atoms with Gasteiger partial charge in [-0.05, 0) is 35.9 Å². The highest BCUT2D eigenvalue weighted by Gasteiger charge is 2.25. The molecule has 0 radical (unpaired) electrons. The number of nitrogens with zero attached hydrogens (tertiary/aromatic N) is 2. The summed E-state index contributed by atoms with van der Waals surface area (Å²) in [6, 6.07) is 14.8. The summed E-state index contributed by atoms with van der Waals surface area (Å²) >= 11 is 0. The van der Waals surface area contributed by atoms with Crippen LogP contribution in [0.3, 0.4) is 0 Å². The quantitative estimate of drug-likeness (QED) is 0.749. The molecule has 1 aliphatic rings. The lowest BCUT2D eigenvalue weighted by atomic mass is 10.1. The van der Waals surface area contributed by atoms with Crippen molar-refractivity contribution in [2.75, 3.05) is 19.6 Å². The van der Waals surface area contributed by atoms with Crippen molar-refractivity contribution in [3.8, 4) is 11.3 Å². The third kappa shape index (κ3) is 3.96. The van der Waals surface area contributed by atoms with Crippen molar-refractivity contribution in [2.45, 2.75) is 12.6 Å². The van der Waals surface area contributed by atoms with Crippen LogP contribution in [0.4, 0.5) is 4.39 Å². The van der Waals surface area contributed by atoms with E-state index in [-0.39, 0.29) is 24.3 Å². The van der Waals surface area contributed by atoms with Crippen molar-refractivity contribution in [2.24, 2.45) is 0 Å². The molecule has 6 heteroatoms. The van der Waals surface area contributed by atoms with Crippen molar-refractivity contribution < 1.29 is 8.81 Å². The number of aromatic nitrogens is 1. The minimum Gasteiger partial charge on any atom is -0.460 e. The second-order valence-electron chi connectivity index (χ2n) is 6.22. The van der Waals surface area contributed by atoms with Crippen LogP contribution in [-0.2, 0) is 6.54 Å². The summed E-state index contributed by atoms with van der Waals surface area (Å²) in [7, 11) is 0. The molecule has 1 unspecified atom stereocenters. The SMILES string of the molecule is Cl.Fc1ccccc1-c1ccc(CN2CCNCC2c2cccnc2)o1. The predicted molar refractivity (Wildman–Crippen MR) is 102 cm³/mol. The van der Waals surface area contributed by atoms with E-state index in [1.54, 1.807) is 18.3 Å². The average Bonchev–Trinajstić information content (AvgIpc) is 3.11. The Balaban J connectivity index is 0.00000196. The Bertz CT molecular complexity index is 840. The highest BCUT2D eigenvalue weighted by molar-refractivity contribution is 5.85. The Kier molecular flexibility index (Phi) is 6.04. The summed E-state index contributed by atoms with van der Waals surface area (Å²) in [4.78, 5) is 6.61. The van der Waals surface area contributed by atoms with E-state index in [1.807, 2.05) is 30.5 Å². The van der Waals surface area contributed by atoms with Gasteiger partial charge in [0.1, 0.15) is 17.3 Å². The molecule has 3 heterocycles. The maximum Gasteiger partial charge on any atom is 0.137 e. The van der Waals surface area contributed by atoms with Crippen molar-refractivity contribution in [3.05, 3.63) is 78.1 Å². The molecule has 26 heavy (non-hydrogen) atoms. The molecule has 1 aromatic carbocycles. The fourth-order valence-electron chi connectivity index (χ4n) is 3.31. The molecule has 3 aromatic rings. The fraction of sp³-hybridized carbons (Fsp3) is 0.250. The van der Waals surface area contributed by atoms with Gasteiger partial charge in [0.15, 0.2) is 0 Å². The number of nitrogens with one attached hydrogen (secondary N) is 1. The van der Waals surface area contributed by atoms with Crippen molar-refractivity contribution in [3.63, 3.8) is 0 Å². The van der Waals surface area contributed by atoms with Gasteiger partial charge in [-0.3, -0.25) is 9.88 Å². The van der Waals surface area contributed by atoms with E-state index in [4.69, 9.17) is 4.42 Å². The predicted octanol–water partition coefficient (Wildman–Crippen LogP) is 4.05. The maximum absolute atomic E-state index is 13.9. The number of piperazine rings is 1. The van der Waals surface area contributed by atoms with E-state index in [0.717, 1.165) is 25.4 Å². The number of benzene rings is 1. The van der Waals surface area contributed by atoms with Crippen molar-refractivity contribution in [1.29, 1.82) is 0 Å². The van der Waals surface area contributed by atoms with E-state index in [9.17, 15) is 4.39 Å². The number of pyridine rings is 1. The van der Waals surface area contributed by atoms with Gasteiger partial charge < -0.3 is 9.73 Å². The number of rotatable bonds is 4. The molecule has 136 valence electrons. The molecule has 1 N–H and O–H groups in total. The molecule has 4 rings (SSSR count). The van der Waals surface area contributed by atoms with E-state index < -0.39 is 0 Å². The molecule has 1 saturated heterocycles. The number of hydrogen-bond acceptors (Lipinski definition) is 4. The van der Waals surface area contributed by atoms with Gasteiger partial charge in [-0.25, -0.2) is 4.39 Å². The molecule has 1 aliphatic heterocycles. The fourth-order valence-corrected chi connectivity index (χ4v) is 3.31. The second-order valence-corrected chi connectivity index (χ2v) is 6.22. The molecule has 4 nitrogen and oxygen atoms in total. The lowest BCUT2D eigenvalue weighted by molar-refractivity contribution is 0.143. The molecule has 0 saturated carbocycles. The first-order valence-electron chi connectivity index (χ1n) is 8.49. The summed E-state index contributed by atoms with van der Waals surface area (Å²) in [5.41, 5.74) is 1.69. The monoisotopic (exact) mass is 373 g/mol. The summed E-state index contributed by atoms with van der Waals surface area (Å²) in [6.45, 7) is 3.44. The first kappa shape index (κ1) is 18.6. The van der Waals surface area contributed by atoms with Crippen LogP contribution < -0.4 is 5.32 Å². The van der Waals surface area contributed by atoms with Crippen molar-refractivity contribution in [1.82, 2.24) is 15.2 Å². The molecular formula is C20H21ClFN3O. The van der Waals surface area contributed by atoms with Crippen LogP contribution in [0.25, 0.3) is 11.3 Å². The number of hydrogen-bond donors (Lipinski definition) is 1. The Labute approximate surface area is 158 Å². The van der Waals surface area contributed by atoms with Gasteiger partial charge in [0.05, 0.1) is 12.1 Å². The number of halogens is 2. The van der Waals surface area contributed by atoms with Gasteiger partial charge in [-0.1, -0.05) is 18.2 Å². The average molecular weight is 374 g/mol. The summed E-state index contributed by atoms with van der Waals surface area (Å²) in [5.74, 6) is 1.15. The standard InChI is InChI=1S/C20H20FN3O.ClH/c21-18-6-2-1-5-17(18)20-8-7-16(25-20)14-24-11-10-23-13-19(24)15-4-3-9-22-12-15;/h1-9,12,19,23H,10-11,13-14H2;1H. The molecule has 0 spiro atoms. The van der Waals surface area contributed by atoms with Crippen LogP contribution in [0.1, 0.15) is 17.4 Å². The normalized spacial score (nSPS) is 17.7. The molecule has 1 fully saturated rings. The first-order valence-corrected chi connectivity index (χ1v) is 8.49. The Morgan fingerprint density at radius 2 is 2.04 bits per heavy atom. The zero-order valence-electron chi connectivity index (χ0n) is 14.3. The molecule has 0 amide bonds. The highest BCUT2D eigenvalue weighted by Crippen LogP contribution is 2.28. The van der Waals surface area contributed by atoms with E-state index in [1.165, 1.54) is 11.6 Å². The van der Waals surface area contributed by atoms with Crippen LogP contribution >= 0.6 is 12.4 Å². The topological polar surface area (TPSA) is 41.3 Å². The van der Waals surface area contributed by atoms with Gasteiger partial charge >= 0.3 is 0 Å². The molecule has 0 bridgehead atoms.